The van der Waals surface area contributed by atoms with Crippen molar-refractivity contribution in [2.75, 3.05) is 0 Å². The molecule has 0 unspecified atom stereocenters. The van der Waals surface area contributed by atoms with Gasteiger partial charge >= 0.3 is 0 Å². The Morgan fingerprint density at radius 3 is 2.70 bits per heavy atom. The minimum atomic E-state index is 0.893. The van der Waals surface area contributed by atoms with E-state index in [1.807, 2.05) is 18.2 Å². The fraction of sp³-hybridized carbons (Fsp3) is 0.250. The summed E-state index contributed by atoms with van der Waals surface area (Å²) in [6, 6.07) is 8.00. The second-order valence-corrected chi connectivity index (χ2v) is 2.75. The van der Waals surface area contributed by atoms with E-state index < -0.39 is 0 Å². The van der Waals surface area contributed by atoms with Gasteiger partial charge in [-0.1, -0.05) is 42.9 Å². The molecule has 0 nitrogen and oxygen atoms in total. The van der Waals surface area contributed by atoms with Crippen molar-refractivity contribution < 1.29 is 0 Å². The third-order valence-electron chi connectivity index (χ3n) is 1.48. The van der Waals surface area contributed by atoms with Crippen molar-refractivity contribution in [1.82, 2.24) is 0 Å². The summed E-state index contributed by atoms with van der Waals surface area (Å²) < 4.78 is 0. The number of benzene rings is 1. The SMILES string of the molecule is CBCc1ccccc1Cl. The van der Waals surface area contributed by atoms with E-state index in [1.54, 1.807) is 0 Å². The van der Waals surface area contributed by atoms with Crippen LogP contribution in [0.5, 0.6) is 0 Å². The van der Waals surface area contributed by atoms with Gasteiger partial charge in [-0.05, 0) is 11.6 Å². The monoisotopic (exact) mass is 152 g/mol. The quantitative estimate of drug-likeness (QED) is 0.571. The lowest BCUT2D eigenvalue weighted by atomic mass is 9.75. The van der Waals surface area contributed by atoms with Gasteiger partial charge in [0.15, 0.2) is 0 Å². The van der Waals surface area contributed by atoms with Crippen molar-refractivity contribution in [2.24, 2.45) is 0 Å². The van der Waals surface area contributed by atoms with Gasteiger partial charge in [0, 0.05) is 5.02 Å². The highest BCUT2D eigenvalue weighted by Gasteiger charge is 1.95. The van der Waals surface area contributed by atoms with Crippen LogP contribution in [0.25, 0.3) is 0 Å². The van der Waals surface area contributed by atoms with Gasteiger partial charge in [-0.3, -0.25) is 0 Å². The van der Waals surface area contributed by atoms with Crippen LogP contribution in [0.15, 0.2) is 24.3 Å². The van der Waals surface area contributed by atoms with E-state index in [1.165, 1.54) is 5.56 Å². The first-order chi connectivity index (χ1) is 4.84. The maximum absolute atomic E-state index is 5.90. The molecule has 0 saturated heterocycles. The lowest BCUT2D eigenvalue weighted by Crippen LogP contribution is -1.90. The summed E-state index contributed by atoms with van der Waals surface area (Å²) in [6.07, 6.45) is 1.08. The number of rotatable bonds is 2. The second kappa shape index (κ2) is 3.67. The minimum absolute atomic E-state index is 0.893. The van der Waals surface area contributed by atoms with Crippen LogP contribution in [-0.2, 0) is 6.32 Å². The lowest BCUT2D eigenvalue weighted by molar-refractivity contribution is 1.38. The maximum atomic E-state index is 5.90. The van der Waals surface area contributed by atoms with Crippen LogP contribution in [0.1, 0.15) is 5.56 Å². The van der Waals surface area contributed by atoms with Crippen molar-refractivity contribution in [1.29, 1.82) is 0 Å². The minimum Gasteiger partial charge on any atom is -0.0891 e. The first-order valence-corrected chi connectivity index (χ1v) is 3.95. The molecular weight excluding hydrogens is 142 g/mol. The summed E-state index contributed by atoms with van der Waals surface area (Å²) in [4.78, 5) is 0. The number of hydrogen-bond donors (Lipinski definition) is 0. The Morgan fingerprint density at radius 2 is 2.10 bits per heavy atom. The number of hydrogen-bond acceptors (Lipinski definition) is 0. The molecule has 52 valence electrons. The van der Waals surface area contributed by atoms with E-state index in [9.17, 15) is 0 Å². The van der Waals surface area contributed by atoms with Crippen LogP contribution in [-0.4, -0.2) is 7.28 Å². The molecule has 0 aromatic heterocycles. The smallest absolute Gasteiger partial charge is 0.0891 e. The molecule has 0 spiro atoms. The van der Waals surface area contributed by atoms with E-state index in [4.69, 9.17) is 11.6 Å². The van der Waals surface area contributed by atoms with E-state index in [0.717, 1.165) is 18.6 Å². The molecule has 2 heteroatoms. The van der Waals surface area contributed by atoms with Gasteiger partial charge in [0.25, 0.3) is 0 Å². The number of halogens is 1. The van der Waals surface area contributed by atoms with Gasteiger partial charge in [0.1, 0.15) is 7.28 Å². The zero-order chi connectivity index (χ0) is 7.40. The summed E-state index contributed by atoms with van der Waals surface area (Å²) in [5, 5.41) is 0.893. The normalized spacial score (nSPS) is 9.40. The average Bonchev–Trinajstić information content (AvgIpc) is 1.94. The average molecular weight is 152 g/mol. The molecular formula is C8H10BCl. The summed E-state index contributed by atoms with van der Waals surface area (Å²) >= 11 is 5.90. The van der Waals surface area contributed by atoms with E-state index in [0.29, 0.717) is 0 Å². The molecule has 0 aliphatic carbocycles. The van der Waals surface area contributed by atoms with E-state index >= 15 is 0 Å². The molecule has 1 aromatic carbocycles. The largest absolute Gasteiger partial charge is 0.122 e. The molecule has 0 amide bonds. The Kier molecular flexibility index (Phi) is 2.82. The summed E-state index contributed by atoms with van der Waals surface area (Å²) in [6.45, 7) is 2.16. The molecule has 0 fully saturated rings. The molecule has 1 aromatic rings. The fourth-order valence-electron chi connectivity index (χ4n) is 0.970. The Bertz CT molecular complexity index is 210. The fourth-order valence-corrected chi connectivity index (χ4v) is 1.20. The second-order valence-electron chi connectivity index (χ2n) is 2.34. The van der Waals surface area contributed by atoms with Crippen LogP contribution >= 0.6 is 11.6 Å². The Balaban J connectivity index is 2.81. The van der Waals surface area contributed by atoms with Gasteiger partial charge < -0.3 is 0 Å². The highest BCUT2D eigenvalue weighted by atomic mass is 35.5. The summed E-state index contributed by atoms with van der Waals surface area (Å²) in [7, 11) is 1.16. The zero-order valence-corrected chi connectivity index (χ0v) is 6.86. The molecule has 1 rings (SSSR count). The van der Waals surface area contributed by atoms with Gasteiger partial charge in [-0.2, -0.15) is 0 Å². The third kappa shape index (κ3) is 1.78. The molecule has 0 N–H and O–H groups in total. The first kappa shape index (κ1) is 7.68. The van der Waals surface area contributed by atoms with Gasteiger partial charge in [0.05, 0.1) is 0 Å². The standard InChI is InChI=1S/C8H10BCl/c1-9-6-7-4-2-3-5-8(7)10/h2-5,9H,6H2,1H3. The summed E-state index contributed by atoms with van der Waals surface area (Å²) in [5.74, 6) is 0. The molecule has 0 atom stereocenters. The van der Waals surface area contributed by atoms with Crippen molar-refractivity contribution in [3.05, 3.63) is 34.9 Å². The topological polar surface area (TPSA) is 0 Å². The van der Waals surface area contributed by atoms with Crippen LogP contribution in [0.2, 0.25) is 11.8 Å². The molecule has 0 heterocycles. The van der Waals surface area contributed by atoms with Gasteiger partial charge in [0.2, 0.25) is 0 Å². The lowest BCUT2D eigenvalue weighted by Gasteiger charge is -1.98. The molecule has 0 aliphatic rings. The first-order valence-electron chi connectivity index (χ1n) is 3.58. The molecule has 0 bridgehead atoms. The molecule has 0 radical (unpaired) electrons. The van der Waals surface area contributed by atoms with Crippen LogP contribution in [0, 0.1) is 0 Å². The van der Waals surface area contributed by atoms with Crippen molar-refractivity contribution in [3.8, 4) is 0 Å². The van der Waals surface area contributed by atoms with Crippen molar-refractivity contribution >= 4 is 18.9 Å². The van der Waals surface area contributed by atoms with Crippen LogP contribution < -0.4 is 0 Å². The van der Waals surface area contributed by atoms with E-state index in [2.05, 4.69) is 12.9 Å². The Hall–Kier alpha value is -0.425. The Morgan fingerprint density at radius 1 is 1.40 bits per heavy atom. The van der Waals surface area contributed by atoms with Crippen LogP contribution in [0.3, 0.4) is 0 Å². The Labute approximate surface area is 67.5 Å². The third-order valence-corrected chi connectivity index (χ3v) is 1.85. The highest BCUT2D eigenvalue weighted by Crippen LogP contribution is 2.14. The van der Waals surface area contributed by atoms with E-state index in [-0.39, 0.29) is 0 Å². The van der Waals surface area contributed by atoms with Gasteiger partial charge in [-0.25, -0.2) is 0 Å². The maximum Gasteiger partial charge on any atom is 0.122 e. The van der Waals surface area contributed by atoms with Crippen LogP contribution in [0.4, 0.5) is 0 Å². The molecule has 0 aliphatic heterocycles. The summed E-state index contributed by atoms with van der Waals surface area (Å²) in [5.41, 5.74) is 1.26. The van der Waals surface area contributed by atoms with Crippen molar-refractivity contribution in [2.45, 2.75) is 13.1 Å². The van der Waals surface area contributed by atoms with Gasteiger partial charge in [-0.15, -0.1) is 0 Å². The highest BCUT2D eigenvalue weighted by molar-refractivity contribution is 6.35. The molecule has 10 heavy (non-hydrogen) atoms. The predicted molar refractivity (Wildman–Crippen MR) is 48.2 cm³/mol. The molecule has 0 saturated carbocycles. The zero-order valence-electron chi connectivity index (χ0n) is 6.10. The van der Waals surface area contributed by atoms with Crippen molar-refractivity contribution in [3.63, 3.8) is 0 Å². The predicted octanol–water partition coefficient (Wildman–Crippen LogP) is 2.32.